The first-order valence-corrected chi connectivity index (χ1v) is 6.90. The van der Waals surface area contributed by atoms with E-state index in [0.29, 0.717) is 22.0 Å². The van der Waals surface area contributed by atoms with E-state index >= 15 is 0 Å². The largest absolute Gasteiger partial charge is 0.400 e. The van der Waals surface area contributed by atoms with Crippen molar-refractivity contribution in [2.75, 3.05) is 12.4 Å². The van der Waals surface area contributed by atoms with Gasteiger partial charge >= 0.3 is 0 Å². The summed E-state index contributed by atoms with van der Waals surface area (Å²) in [4.78, 5) is 15.8. The number of rotatable bonds is 1. The molecule has 0 bridgehead atoms. The van der Waals surface area contributed by atoms with Gasteiger partial charge in [-0.05, 0) is 18.2 Å². The normalized spacial score (nSPS) is 16.5. The molecule has 5 nitrogen and oxygen atoms in total. The smallest absolute Gasteiger partial charge is 0.276 e. The Morgan fingerprint density at radius 1 is 1.14 bits per heavy atom. The summed E-state index contributed by atoms with van der Waals surface area (Å²) in [5.74, 6) is -0.556. The van der Waals surface area contributed by atoms with Gasteiger partial charge in [0.25, 0.3) is 5.91 Å². The molecule has 3 N–H and O–H groups in total. The fourth-order valence-corrected chi connectivity index (χ4v) is 2.27. The summed E-state index contributed by atoms with van der Waals surface area (Å²) in [6, 6.07) is 14.5. The van der Waals surface area contributed by atoms with Crippen LogP contribution in [0, 0.1) is 0 Å². The van der Waals surface area contributed by atoms with Gasteiger partial charge in [-0.3, -0.25) is 4.79 Å². The van der Waals surface area contributed by atoms with Gasteiger partial charge < -0.3 is 15.5 Å². The maximum absolute atomic E-state index is 11.7. The van der Waals surface area contributed by atoms with Gasteiger partial charge in [0.2, 0.25) is 6.23 Å². The fraction of sp³-hybridized carbons (Fsp3) is 0.125. The minimum atomic E-state index is -1.43. The first-order valence-electron chi connectivity index (χ1n) is 6.52. The Hall–Kier alpha value is -2.21. The molecule has 1 unspecified atom stereocenters. The number of carbonyl (C=O) groups excluding carboxylic acids is 1. The van der Waals surface area contributed by atoms with Crippen molar-refractivity contribution in [3.63, 3.8) is 0 Å². The highest BCUT2D eigenvalue weighted by atomic mass is 35.5. The van der Waals surface area contributed by atoms with E-state index in [9.17, 15) is 9.90 Å². The molecule has 0 aliphatic carbocycles. The number of carbonyl (C=O) groups is 1. The monoisotopic (exact) mass is 318 g/mol. The van der Waals surface area contributed by atoms with Crippen molar-refractivity contribution < 1.29 is 15.0 Å². The summed E-state index contributed by atoms with van der Waals surface area (Å²) >= 11 is 6.03. The number of aliphatic imine (C=N–C) groups is 1. The van der Waals surface area contributed by atoms with Crippen LogP contribution in [-0.4, -0.2) is 35.2 Å². The first-order chi connectivity index (χ1) is 10.6. The SMILES string of the molecule is CO.O=C1Nc2ccc(Cl)cc2C(c2ccccc2)=NC1O. The average Bonchev–Trinajstić information content (AvgIpc) is 2.68. The molecule has 2 aromatic carbocycles. The van der Waals surface area contributed by atoms with E-state index in [4.69, 9.17) is 16.7 Å². The molecule has 0 aromatic heterocycles. The Morgan fingerprint density at radius 3 is 2.50 bits per heavy atom. The number of hydrogen-bond acceptors (Lipinski definition) is 4. The number of benzene rings is 2. The van der Waals surface area contributed by atoms with E-state index < -0.39 is 12.1 Å². The molecular weight excluding hydrogens is 304 g/mol. The molecule has 0 radical (unpaired) electrons. The Morgan fingerprint density at radius 2 is 1.82 bits per heavy atom. The second-order valence-electron chi connectivity index (χ2n) is 4.40. The third-order valence-electron chi connectivity index (χ3n) is 3.03. The number of nitrogens with zero attached hydrogens (tertiary/aromatic N) is 1. The van der Waals surface area contributed by atoms with Crippen LogP contribution in [0.15, 0.2) is 53.5 Å². The highest BCUT2D eigenvalue weighted by Gasteiger charge is 2.23. The van der Waals surface area contributed by atoms with Crippen LogP contribution >= 0.6 is 11.6 Å². The van der Waals surface area contributed by atoms with Gasteiger partial charge in [-0.2, -0.15) is 0 Å². The van der Waals surface area contributed by atoms with E-state index in [0.717, 1.165) is 12.7 Å². The second-order valence-corrected chi connectivity index (χ2v) is 4.83. The van der Waals surface area contributed by atoms with Crippen LogP contribution in [-0.2, 0) is 4.79 Å². The number of amides is 1. The third-order valence-corrected chi connectivity index (χ3v) is 3.26. The lowest BCUT2D eigenvalue weighted by Crippen LogP contribution is -2.24. The Kier molecular flexibility index (Phi) is 5.27. The molecular formula is C16H15ClN2O3. The first kappa shape index (κ1) is 16.2. The predicted octanol–water partition coefficient (Wildman–Crippen LogP) is 2.06. The summed E-state index contributed by atoms with van der Waals surface area (Å²) in [7, 11) is 1.00. The number of aliphatic hydroxyl groups excluding tert-OH is 2. The summed E-state index contributed by atoms with van der Waals surface area (Å²) < 4.78 is 0. The molecule has 0 spiro atoms. The van der Waals surface area contributed by atoms with E-state index in [1.165, 1.54) is 0 Å². The van der Waals surface area contributed by atoms with Crippen molar-refractivity contribution in [1.82, 2.24) is 0 Å². The van der Waals surface area contributed by atoms with Gasteiger partial charge in [-0.1, -0.05) is 41.9 Å². The van der Waals surface area contributed by atoms with E-state index in [1.54, 1.807) is 18.2 Å². The maximum Gasteiger partial charge on any atom is 0.276 e. The minimum Gasteiger partial charge on any atom is -0.400 e. The lowest BCUT2D eigenvalue weighted by molar-refractivity contribution is -0.123. The zero-order valence-electron chi connectivity index (χ0n) is 11.8. The molecule has 0 fully saturated rings. The van der Waals surface area contributed by atoms with Crippen molar-refractivity contribution in [2.45, 2.75) is 6.23 Å². The third kappa shape index (κ3) is 3.33. The molecule has 1 atom stereocenters. The number of halogens is 1. The lowest BCUT2D eigenvalue weighted by Gasteiger charge is -2.10. The van der Waals surface area contributed by atoms with Crippen LogP contribution in [0.3, 0.4) is 0 Å². The van der Waals surface area contributed by atoms with Crippen LogP contribution in [0.4, 0.5) is 5.69 Å². The van der Waals surface area contributed by atoms with E-state index in [2.05, 4.69) is 10.3 Å². The molecule has 0 saturated carbocycles. The van der Waals surface area contributed by atoms with Gasteiger partial charge in [0.05, 0.1) is 11.4 Å². The molecule has 1 amide bonds. The van der Waals surface area contributed by atoms with Crippen LogP contribution < -0.4 is 5.32 Å². The number of benzodiazepines with no additional fused rings is 1. The van der Waals surface area contributed by atoms with Gasteiger partial charge in [-0.25, -0.2) is 4.99 Å². The number of aliphatic hydroxyl groups is 2. The summed E-state index contributed by atoms with van der Waals surface area (Å²) in [5.41, 5.74) is 2.62. The van der Waals surface area contributed by atoms with Crippen molar-refractivity contribution in [3.8, 4) is 0 Å². The Balaban J connectivity index is 0.000000847. The topological polar surface area (TPSA) is 81.9 Å². The second kappa shape index (κ2) is 7.17. The molecule has 1 aliphatic heterocycles. The fourth-order valence-electron chi connectivity index (χ4n) is 2.10. The van der Waals surface area contributed by atoms with Crippen molar-refractivity contribution in [2.24, 2.45) is 4.99 Å². The van der Waals surface area contributed by atoms with Crippen LogP contribution in [0.1, 0.15) is 11.1 Å². The Bertz CT molecular complexity index is 702. The van der Waals surface area contributed by atoms with Gasteiger partial charge in [0.1, 0.15) is 0 Å². The molecule has 6 heteroatoms. The van der Waals surface area contributed by atoms with Crippen molar-refractivity contribution in [3.05, 3.63) is 64.7 Å². The number of anilines is 1. The van der Waals surface area contributed by atoms with Gasteiger partial charge in [0, 0.05) is 23.3 Å². The summed E-state index contributed by atoms with van der Waals surface area (Å²) in [6.07, 6.45) is -1.43. The van der Waals surface area contributed by atoms with Crippen LogP contribution in [0.25, 0.3) is 0 Å². The molecule has 0 saturated heterocycles. The quantitative estimate of drug-likeness (QED) is 0.752. The van der Waals surface area contributed by atoms with E-state index in [-0.39, 0.29) is 0 Å². The van der Waals surface area contributed by atoms with Gasteiger partial charge in [0.15, 0.2) is 0 Å². The lowest BCUT2D eigenvalue weighted by atomic mass is 10.0. The van der Waals surface area contributed by atoms with Crippen LogP contribution in [0.5, 0.6) is 0 Å². The highest BCUT2D eigenvalue weighted by molar-refractivity contribution is 6.32. The highest BCUT2D eigenvalue weighted by Crippen LogP contribution is 2.26. The zero-order valence-corrected chi connectivity index (χ0v) is 12.6. The van der Waals surface area contributed by atoms with Crippen molar-refractivity contribution in [1.29, 1.82) is 0 Å². The average molecular weight is 319 g/mol. The molecule has 1 aliphatic rings. The number of fused-ring (bicyclic) bond motifs is 1. The Labute approximate surface area is 132 Å². The standard InChI is InChI=1S/C15H11ClN2O2.CH4O/c16-10-6-7-12-11(8-10)13(9-4-2-1-3-5-9)18-15(20)14(19)17-12;1-2/h1-8,15,20H,(H,17,19);2H,1H3. The van der Waals surface area contributed by atoms with Crippen molar-refractivity contribution >= 4 is 28.9 Å². The number of nitrogens with one attached hydrogen (secondary N) is 1. The van der Waals surface area contributed by atoms with Gasteiger partial charge in [-0.15, -0.1) is 0 Å². The number of hydrogen-bond donors (Lipinski definition) is 3. The predicted molar refractivity (Wildman–Crippen MR) is 86.3 cm³/mol. The molecule has 114 valence electrons. The molecule has 1 heterocycles. The van der Waals surface area contributed by atoms with Crippen LogP contribution in [0.2, 0.25) is 5.02 Å². The maximum atomic E-state index is 11.7. The molecule has 2 aromatic rings. The van der Waals surface area contributed by atoms with E-state index in [1.807, 2.05) is 30.3 Å². The summed E-state index contributed by atoms with van der Waals surface area (Å²) in [6.45, 7) is 0. The molecule has 22 heavy (non-hydrogen) atoms. The zero-order chi connectivity index (χ0) is 16.1. The molecule has 3 rings (SSSR count). The summed E-state index contributed by atoms with van der Waals surface area (Å²) in [5, 5.41) is 20.0. The minimum absolute atomic E-state index is 0.536.